The molecule has 186 valence electrons. The molecule has 0 bridgehead atoms. The van der Waals surface area contributed by atoms with E-state index in [4.69, 9.17) is 23.7 Å². The Morgan fingerprint density at radius 3 is 2.82 bits per heavy atom. The lowest BCUT2D eigenvalue weighted by molar-refractivity contribution is -0.162. The minimum absolute atomic E-state index is 0.0518. The Kier molecular flexibility index (Phi) is 13.5. The Balaban J connectivity index is 1.91. The van der Waals surface area contributed by atoms with Crippen LogP contribution in [0.3, 0.4) is 0 Å². The first-order valence-corrected chi connectivity index (χ1v) is 12.0. The Morgan fingerprint density at radius 1 is 1.18 bits per heavy atom. The van der Waals surface area contributed by atoms with E-state index < -0.39 is 5.97 Å². The first-order valence-electron chi connectivity index (χ1n) is 12.0. The summed E-state index contributed by atoms with van der Waals surface area (Å²) in [6.45, 7) is 3.96. The highest BCUT2D eigenvalue weighted by atomic mass is 16.7. The quantitative estimate of drug-likeness (QED) is 0.179. The molecule has 1 aliphatic heterocycles. The van der Waals surface area contributed by atoms with Crippen LogP contribution < -0.4 is 4.74 Å². The fraction of sp³-hybridized carbons (Fsp3) is 0.556. The summed E-state index contributed by atoms with van der Waals surface area (Å²) in [5.74, 6) is 6.28. The van der Waals surface area contributed by atoms with Gasteiger partial charge >= 0.3 is 11.9 Å². The van der Waals surface area contributed by atoms with E-state index in [0.717, 1.165) is 50.7 Å². The molecule has 0 aromatic heterocycles. The number of ether oxygens (including phenoxy) is 5. The van der Waals surface area contributed by atoms with Crippen molar-refractivity contribution in [2.24, 2.45) is 0 Å². The highest BCUT2D eigenvalue weighted by molar-refractivity contribution is 5.88. The highest BCUT2D eigenvalue weighted by Crippen LogP contribution is 2.24. The van der Waals surface area contributed by atoms with Crippen LogP contribution in [0.4, 0.5) is 0 Å². The van der Waals surface area contributed by atoms with Crippen molar-refractivity contribution < 1.29 is 33.3 Å². The number of unbranched alkanes of at least 4 members (excludes halogenated alkanes) is 2. The molecule has 1 atom stereocenters. The number of carbonyl (C=O) groups is 2. The van der Waals surface area contributed by atoms with E-state index in [0.29, 0.717) is 37.6 Å². The molecule has 0 radical (unpaired) electrons. The largest absolute Gasteiger partial charge is 0.493 e. The maximum Gasteiger partial charge on any atom is 0.330 e. The monoisotopic (exact) mass is 472 g/mol. The van der Waals surface area contributed by atoms with Crippen molar-refractivity contribution in [2.75, 3.05) is 33.5 Å². The van der Waals surface area contributed by atoms with Crippen molar-refractivity contribution in [1.29, 1.82) is 0 Å². The van der Waals surface area contributed by atoms with Crippen LogP contribution >= 0.6 is 0 Å². The van der Waals surface area contributed by atoms with E-state index in [1.54, 1.807) is 13.0 Å². The molecule has 7 heteroatoms. The molecule has 2 rings (SSSR count). The van der Waals surface area contributed by atoms with Gasteiger partial charge in [-0.25, -0.2) is 4.79 Å². The van der Waals surface area contributed by atoms with Crippen LogP contribution in [-0.2, 0) is 28.5 Å². The lowest BCUT2D eigenvalue weighted by Gasteiger charge is -2.22. The molecule has 0 N–H and O–H groups in total. The predicted octanol–water partition coefficient (Wildman–Crippen LogP) is 4.66. The molecule has 0 spiro atoms. The third-order valence-corrected chi connectivity index (χ3v) is 5.10. The van der Waals surface area contributed by atoms with Crippen LogP contribution in [0.15, 0.2) is 24.3 Å². The van der Waals surface area contributed by atoms with Gasteiger partial charge in [0, 0.05) is 43.3 Å². The van der Waals surface area contributed by atoms with Crippen LogP contribution in [0.5, 0.6) is 5.75 Å². The molecule has 1 aliphatic rings. The van der Waals surface area contributed by atoms with Crippen LogP contribution in [0, 0.1) is 11.8 Å². The topological polar surface area (TPSA) is 80.3 Å². The van der Waals surface area contributed by atoms with Gasteiger partial charge in [0.15, 0.2) is 6.29 Å². The fourth-order valence-corrected chi connectivity index (χ4v) is 3.33. The molecule has 1 aromatic carbocycles. The van der Waals surface area contributed by atoms with E-state index in [1.165, 1.54) is 13.2 Å². The van der Waals surface area contributed by atoms with E-state index >= 15 is 0 Å². The molecule has 0 saturated carbocycles. The number of esters is 2. The molecule has 1 heterocycles. The number of carbonyl (C=O) groups excluding carboxylic acids is 2. The van der Waals surface area contributed by atoms with Crippen molar-refractivity contribution >= 4 is 18.0 Å². The standard InChI is InChI=1S/C27H36O7/c1-3-31-26(29)15-11-21-32-24-14-10-13-22(23(24)17-18-25(28)30-2)12-6-4-5-8-19-33-27-16-7-9-20-34-27/h10,13-14,17-18,27H,3-5,7-9,11,15-16,19-21H2,1-2H3. The molecule has 0 amide bonds. The molecular weight excluding hydrogens is 436 g/mol. The van der Waals surface area contributed by atoms with Gasteiger partial charge in [0.2, 0.25) is 0 Å². The minimum atomic E-state index is -0.460. The van der Waals surface area contributed by atoms with E-state index in [1.807, 2.05) is 18.2 Å². The van der Waals surface area contributed by atoms with Gasteiger partial charge in [0.1, 0.15) is 5.75 Å². The fourth-order valence-electron chi connectivity index (χ4n) is 3.33. The number of benzene rings is 1. The van der Waals surface area contributed by atoms with Gasteiger partial charge in [-0.3, -0.25) is 4.79 Å². The minimum Gasteiger partial charge on any atom is -0.493 e. The van der Waals surface area contributed by atoms with Crippen molar-refractivity contribution in [3.63, 3.8) is 0 Å². The first kappa shape index (κ1) is 27.4. The number of hydrogen-bond acceptors (Lipinski definition) is 7. The molecule has 1 fully saturated rings. The van der Waals surface area contributed by atoms with Crippen molar-refractivity contribution in [1.82, 2.24) is 0 Å². The summed E-state index contributed by atoms with van der Waals surface area (Å²) < 4.78 is 26.8. The lowest BCUT2D eigenvalue weighted by Crippen LogP contribution is -2.22. The van der Waals surface area contributed by atoms with Gasteiger partial charge in [-0.15, -0.1) is 0 Å². The van der Waals surface area contributed by atoms with Crippen LogP contribution in [0.1, 0.15) is 69.4 Å². The molecular formula is C27H36O7. The number of rotatable bonds is 13. The summed E-state index contributed by atoms with van der Waals surface area (Å²) in [5.41, 5.74) is 1.46. The van der Waals surface area contributed by atoms with E-state index in [2.05, 4.69) is 11.8 Å². The van der Waals surface area contributed by atoms with E-state index in [-0.39, 0.29) is 18.7 Å². The number of hydrogen-bond donors (Lipinski definition) is 0. The maximum absolute atomic E-state index is 11.6. The first-order chi connectivity index (χ1) is 16.6. The van der Waals surface area contributed by atoms with Crippen molar-refractivity contribution in [3.8, 4) is 17.6 Å². The highest BCUT2D eigenvalue weighted by Gasteiger charge is 2.13. The maximum atomic E-state index is 11.6. The Hall–Kier alpha value is -2.82. The average molecular weight is 473 g/mol. The molecule has 0 aliphatic carbocycles. The normalized spacial score (nSPS) is 15.4. The lowest BCUT2D eigenvalue weighted by atomic mass is 10.1. The Bertz CT molecular complexity index is 844. The predicted molar refractivity (Wildman–Crippen MR) is 129 cm³/mol. The molecule has 1 saturated heterocycles. The van der Waals surface area contributed by atoms with Gasteiger partial charge < -0.3 is 23.7 Å². The Labute approximate surface area is 202 Å². The molecule has 1 aromatic rings. The van der Waals surface area contributed by atoms with Gasteiger partial charge in [-0.05, 0) is 63.7 Å². The number of methoxy groups -OCH3 is 1. The summed E-state index contributed by atoms with van der Waals surface area (Å²) in [5, 5.41) is 0. The zero-order chi connectivity index (χ0) is 24.4. The van der Waals surface area contributed by atoms with Gasteiger partial charge in [0.25, 0.3) is 0 Å². The summed E-state index contributed by atoms with van der Waals surface area (Å²) in [7, 11) is 1.33. The van der Waals surface area contributed by atoms with Crippen LogP contribution in [0.25, 0.3) is 6.08 Å². The molecule has 7 nitrogen and oxygen atoms in total. The van der Waals surface area contributed by atoms with Gasteiger partial charge in [0.05, 0.1) is 20.3 Å². The second-order valence-corrected chi connectivity index (χ2v) is 7.76. The zero-order valence-electron chi connectivity index (χ0n) is 20.3. The van der Waals surface area contributed by atoms with Gasteiger partial charge in [-0.1, -0.05) is 17.9 Å². The van der Waals surface area contributed by atoms with E-state index in [9.17, 15) is 9.59 Å². The summed E-state index contributed by atoms with van der Waals surface area (Å²) in [6.07, 6.45) is 9.60. The second-order valence-electron chi connectivity index (χ2n) is 7.76. The van der Waals surface area contributed by atoms with Crippen molar-refractivity contribution in [2.45, 2.75) is 64.6 Å². The smallest absolute Gasteiger partial charge is 0.330 e. The third-order valence-electron chi connectivity index (χ3n) is 5.10. The molecule has 34 heavy (non-hydrogen) atoms. The van der Waals surface area contributed by atoms with Crippen molar-refractivity contribution in [3.05, 3.63) is 35.4 Å². The average Bonchev–Trinajstić information content (AvgIpc) is 2.86. The molecule has 1 unspecified atom stereocenters. The summed E-state index contributed by atoms with van der Waals surface area (Å²) in [6, 6.07) is 5.56. The summed E-state index contributed by atoms with van der Waals surface area (Å²) in [4.78, 5) is 23.1. The zero-order valence-corrected chi connectivity index (χ0v) is 20.3. The van der Waals surface area contributed by atoms with Crippen LogP contribution in [0.2, 0.25) is 0 Å². The van der Waals surface area contributed by atoms with Crippen LogP contribution in [-0.4, -0.2) is 51.8 Å². The second kappa shape index (κ2) is 16.7. The van der Waals surface area contributed by atoms with Gasteiger partial charge in [-0.2, -0.15) is 0 Å². The summed E-state index contributed by atoms with van der Waals surface area (Å²) >= 11 is 0. The third kappa shape index (κ3) is 10.9. The Morgan fingerprint density at radius 2 is 2.06 bits per heavy atom. The SMILES string of the molecule is CCOC(=O)CCCOc1cccc(C#CCCCCOC2CCCCO2)c1C=CC(=O)OC.